The molecule has 0 fully saturated rings. The van der Waals surface area contributed by atoms with Crippen LogP contribution >= 0.6 is 24.0 Å². The molecular formula is C20H23F2IN4O. The van der Waals surface area contributed by atoms with E-state index in [1.54, 1.807) is 11.9 Å². The normalized spacial score (nSPS) is 13.4. The second-order valence-electron chi connectivity index (χ2n) is 6.35. The first-order valence-corrected chi connectivity index (χ1v) is 8.80. The van der Waals surface area contributed by atoms with Crippen molar-refractivity contribution in [2.24, 2.45) is 4.99 Å². The number of nitrogens with one attached hydrogen (secondary N) is 2. The van der Waals surface area contributed by atoms with Crippen molar-refractivity contribution < 1.29 is 13.6 Å². The van der Waals surface area contributed by atoms with Gasteiger partial charge in [0.05, 0.1) is 6.54 Å². The lowest BCUT2D eigenvalue weighted by molar-refractivity contribution is -0.130. The van der Waals surface area contributed by atoms with Crippen molar-refractivity contribution in [1.82, 2.24) is 15.5 Å². The smallest absolute Gasteiger partial charge is 0.242 e. The molecule has 8 heteroatoms. The van der Waals surface area contributed by atoms with E-state index in [1.165, 1.54) is 11.1 Å². The zero-order valence-corrected chi connectivity index (χ0v) is 17.9. The van der Waals surface area contributed by atoms with Gasteiger partial charge < -0.3 is 15.5 Å². The Morgan fingerprint density at radius 1 is 1.14 bits per heavy atom. The summed E-state index contributed by atoms with van der Waals surface area (Å²) in [5.74, 6) is -0.687. The quantitative estimate of drug-likeness (QED) is 0.386. The molecule has 0 atom stereocenters. The van der Waals surface area contributed by atoms with Gasteiger partial charge in [-0.25, -0.2) is 8.78 Å². The molecule has 0 spiro atoms. The molecule has 0 aliphatic carbocycles. The lowest BCUT2D eigenvalue weighted by Gasteiger charge is -2.29. The number of nitrogens with zero attached hydrogens (tertiary/aromatic N) is 2. The van der Waals surface area contributed by atoms with Crippen molar-refractivity contribution in [3.8, 4) is 0 Å². The number of guanidine groups is 1. The van der Waals surface area contributed by atoms with Gasteiger partial charge in [0.15, 0.2) is 5.96 Å². The molecule has 1 heterocycles. The maximum Gasteiger partial charge on any atom is 0.242 e. The molecule has 2 N–H and O–H groups in total. The summed E-state index contributed by atoms with van der Waals surface area (Å²) >= 11 is 0. The molecule has 0 radical (unpaired) electrons. The summed E-state index contributed by atoms with van der Waals surface area (Å²) in [5.41, 5.74) is 2.64. The highest BCUT2D eigenvalue weighted by Crippen LogP contribution is 2.18. The standard InChI is InChI=1S/C20H22F2N4O.HI/c1-23-20(24-11-16-10-17(21)6-7-18(16)22)25-12-19(27)26-9-8-14-4-2-3-5-15(14)13-26;/h2-7,10H,8-9,11-13H2,1H3,(H2,23,24,25);1H. The lowest BCUT2D eigenvalue weighted by atomic mass is 10.00. The van der Waals surface area contributed by atoms with E-state index in [1.807, 2.05) is 18.2 Å². The van der Waals surface area contributed by atoms with Crippen LogP contribution in [0.3, 0.4) is 0 Å². The van der Waals surface area contributed by atoms with Crippen molar-refractivity contribution in [2.45, 2.75) is 19.5 Å². The van der Waals surface area contributed by atoms with Crippen LogP contribution in [0.25, 0.3) is 0 Å². The van der Waals surface area contributed by atoms with Crippen molar-refractivity contribution in [3.05, 3.63) is 70.8 Å². The predicted octanol–water partition coefficient (Wildman–Crippen LogP) is 2.83. The Hall–Kier alpha value is -2.23. The second-order valence-corrected chi connectivity index (χ2v) is 6.35. The van der Waals surface area contributed by atoms with Gasteiger partial charge >= 0.3 is 0 Å². The second kappa shape index (κ2) is 10.4. The third-order valence-corrected chi connectivity index (χ3v) is 4.57. The van der Waals surface area contributed by atoms with E-state index in [9.17, 15) is 13.6 Å². The zero-order valence-electron chi connectivity index (χ0n) is 15.5. The first kappa shape index (κ1) is 22.1. The number of rotatable bonds is 4. The van der Waals surface area contributed by atoms with E-state index >= 15 is 0 Å². The molecular weight excluding hydrogens is 477 g/mol. The van der Waals surface area contributed by atoms with Gasteiger partial charge in [-0.1, -0.05) is 24.3 Å². The number of aliphatic imine (C=N–C) groups is 1. The summed E-state index contributed by atoms with van der Waals surface area (Å²) in [6, 6.07) is 11.4. The number of carbonyl (C=O) groups excluding carboxylic acids is 1. The van der Waals surface area contributed by atoms with E-state index in [-0.39, 0.29) is 48.5 Å². The molecule has 2 aromatic rings. The summed E-state index contributed by atoms with van der Waals surface area (Å²) in [7, 11) is 1.55. The molecule has 0 bridgehead atoms. The summed E-state index contributed by atoms with van der Waals surface area (Å²) in [6.07, 6.45) is 0.841. The van der Waals surface area contributed by atoms with Crippen LogP contribution in [0, 0.1) is 11.6 Å². The summed E-state index contributed by atoms with van der Waals surface area (Å²) in [5, 5.41) is 5.82. The molecule has 3 rings (SSSR count). The molecule has 1 aliphatic rings. The van der Waals surface area contributed by atoms with Crippen molar-refractivity contribution in [3.63, 3.8) is 0 Å². The average Bonchev–Trinajstić information content (AvgIpc) is 2.70. The number of halogens is 3. The topological polar surface area (TPSA) is 56.7 Å². The fourth-order valence-electron chi connectivity index (χ4n) is 3.06. The molecule has 0 saturated heterocycles. The SMILES string of the molecule is CN=C(NCC(=O)N1CCc2ccccc2C1)NCc1cc(F)ccc1F.I. The fraction of sp³-hybridized carbons (Fsp3) is 0.300. The largest absolute Gasteiger partial charge is 0.352 e. The van der Waals surface area contributed by atoms with Crippen LogP contribution in [0.15, 0.2) is 47.5 Å². The van der Waals surface area contributed by atoms with Crippen LogP contribution in [0.1, 0.15) is 16.7 Å². The molecule has 5 nitrogen and oxygen atoms in total. The minimum absolute atomic E-state index is 0. The molecule has 0 saturated carbocycles. The lowest BCUT2D eigenvalue weighted by Crippen LogP contribution is -2.45. The average molecular weight is 500 g/mol. The van der Waals surface area contributed by atoms with Gasteiger partial charge in [-0.05, 0) is 35.7 Å². The highest BCUT2D eigenvalue weighted by Gasteiger charge is 2.20. The van der Waals surface area contributed by atoms with Crippen LogP contribution in [-0.2, 0) is 24.3 Å². The van der Waals surface area contributed by atoms with Crippen LogP contribution in [0.2, 0.25) is 0 Å². The van der Waals surface area contributed by atoms with Crippen molar-refractivity contribution in [1.29, 1.82) is 0 Å². The number of fused-ring (bicyclic) bond motifs is 1. The van der Waals surface area contributed by atoms with Gasteiger partial charge in [-0.3, -0.25) is 9.79 Å². The third kappa shape index (κ3) is 5.63. The summed E-state index contributed by atoms with van der Waals surface area (Å²) in [4.78, 5) is 18.3. The highest BCUT2D eigenvalue weighted by atomic mass is 127. The Balaban J connectivity index is 0.00000280. The van der Waals surface area contributed by atoms with Gasteiger partial charge in [-0.15, -0.1) is 24.0 Å². The van der Waals surface area contributed by atoms with Gasteiger partial charge in [0.25, 0.3) is 0 Å². The number of amides is 1. The van der Waals surface area contributed by atoms with Crippen LogP contribution in [-0.4, -0.2) is 36.9 Å². The van der Waals surface area contributed by atoms with Crippen molar-refractivity contribution >= 4 is 35.8 Å². The fourth-order valence-corrected chi connectivity index (χ4v) is 3.06. The molecule has 0 unspecified atom stereocenters. The van der Waals surface area contributed by atoms with Crippen LogP contribution in [0.4, 0.5) is 8.78 Å². The number of carbonyl (C=O) groups is 1. The predicted molar refractivity (Wildman–Crippen MR) is 116 cm³/mol. The van der Waals surface area contributed by atoms with Crippen LogP contribution < -0.4 is 10.6 Å². The number of hydrogen-bond donors (Lipinski definition) is 2. The Labute approximate surface area is 180 Å². The molecule has 2 aromatic carbocycles. The van der Waals surface area contributed by atoms with E-state index in [0.29, 0.717) is 19.0 Å². The van der Waals surface area contributed by atoms with E-state index < -0.39 is 11.6 Å². The first-order valence-electron chi connectivity index (χ1n) is 8.80. The van der Waals surface area contributed by atoms with Gasteiger partial charge in [0.1, 0.15) is 11.6 Å². The van der Waals surface area contributed by atoms with Crippen LogP contribution in [0.5, 0.6) is 0 Å². The van der Waals surface area contributed by atoms with E-state index in [2.05, 4.69) is 21.7 Å². The zero-order chi connectivity index (χ0) is 19.2. The molecule has 1 aliphatic heterocycles. The molecule has 28 heavy (non-hydrogen) atoms. The Morgan fingerprint density at radius 2 is 1.89 bits per heavy atom. The minimum Gasteiger partial charge on any atom is -0.352 e. The Kier molecular flexibility index (Phi) is 8.16. The first-order chi connectivity index (χ1) is 13.1. The highest BCUT2D eigenvalue weighted by molar-refractivity contribution is 14.0. The maximum absolute atomic E-state index is 13.7. The maximum atomic E-state index is 13.7. The van der Waals surface area contributed by atoms with E-state index in [0.717, 1.165) is 24.6 Å². The third-order valence-electron chi connectivity index (χ3n) is 4.57. The summed E-state index contributed by atoms with van der Waals surface area (Å²) in [6.45, 7) is 1.41. The van der Waals surface area contributed by atoms with E-state index in [4.69, 9.17) is 0 Å². The van der Waals surface area contributed by atoms with Gasteiger partial charge in [0, 0.05) is 32.2 Å². The molecule has 0 aromatic heterocycles. The van der Waals surface area contributed by atoms with Crippen molar-refractivity contribution in [2.75, 3.05) is 20.1 Å². The number of benzene rings is 2. The number of hydrogen-bond acceptors (Lipinski definition) is 2. The molecule has 150 valence electrons. The Morgan fingerprint density at radius 3 is 2.64 bits per heavy atom. The monoisotopic (exact) mass is 500 g/mol. The minimum atomic E-state index is -0.503. The van der Waals surface area contributed by atoms with Gasteiger partial charge in [-0.2, -0.15) is 0 Å². The summed E-state index contributed by atoms with van der Waals surface area (Å²) < 4.78 is 26.9. The Bertz CT molecular complexity index is 860. The van der Waals surface area contributed by atoms with Gasteiger partial charge in [0.2, 0.25) is 5.91 Å². The molecule has 1 amide bonds.